The molecule has 0 radical (unpaired) electrons. The van der Waals surface area contributed by atoms with Crippen molar-refractivity contribution in [3.8, 4) is 0 Å². The molecule has 2 aliphatic rings. The largest absolute Gasteiger partial charge is 0.393 e. The minimum Gasteiger partial charge on any atom is -0.393 e. The van der Waals surface area contributed by atoms with Crippen LogP contribution in [-0.2, 0) is 0 Å². The predicted molar refractivity (Wildman–Crippen MR) is 87.2 cm³/mol. The number of aryl methyl sites for hydroxylation is 1. The molecule has 1 aromatic heterocycles. The Kier molecular flexibility index (Phi) is 4.57. The van der Waals surface area contributed by atoms with Gasteiger partial charge in [-0.05, 0) is 45.6 Å². The van der Waals surface area contributed by atoms with Gasteiger partial charge in [0.1, 0.15) is 0 Å². The van der Waals surface area contributed by atoms with Crippen LogP contribution in [0.15, 0.2) is 6.07 Å². The van der Waals surface area contributed by atoms with Gasteiger partial charge in [-0.3, -0.25) is 4.79 Å². The third-order valence-electron chi connectivity index (χ3n) is 5.41. The number of amides is 1. The number of hydrogen-bond donors (Lipinski definition) is 1. The molecule has 4 heteroatoms. The Morgan fingerprint density at radius 1 is 1.09 bits per heavy atom. The van der Waals surface area contributed by atoms with Crippen molar-refractivity contribution in [2.24, 2.45) is 0 Å². The van der Waals surface area contributed by atoms with Gasteiger partial charge in [-0.1, -0.05) is 19.3 Å². The second kappa shape index (κ2) is 6.45. The van der Waals surface area contributed by atoms with E-state index in [1.165, 1.54) is 37.8 Å². The molecule has 1 aromatic rings. The molecule has 2 heterocycles. The van der Waals surface area contributed by atoms with Gasteiger partial charge in [0.15, 0.2) is 0 Å². The van der Waals surface area contributed by atoms with Crippen molar-refractivity contribution in [1.82, 2.24) is 9.47 Å². The first-order chi connectivity index (χ1) is 10.6. The summed E-state index contributed by atoms with van der Waals surface area (Å²) >= 11 is 0. The van der Waals surface area contributed by atoms with E-state index in [2.05, 4.69) is 24.5 Å². The van der Waals surface area contributed by atoms with Gasteiger partial charge in [0, 0.05) is 30.5 Å². The molecule has 1 amide bonds. The van der Waals surface area contributed by atoms with Crippen molar-refractivity contribution in [1.29, 1.82) is 0 Å². The molecule has 1 aliphatic heterocycles. The number of carbonyl (C=O) groups is 1. The van der Waals surface area contributed by atoms with E-state index in [1.807, 2.05) is 4.90 Å². The summed E-state index contributed by atoms with van der Waals surface area (Å²) in [6.45, 7) is 5.56. The van der Waals surface area contributed by atoms with Crippen LogP contribution in [0.2, 0.25) is 0 Å². The number of aromatic nitrogens is 1. The molecule has 122 valence electrons. The highest BCUT2D eigenvalue weighted by molar-refractivity contribution is 5.95. The first-order valence-corrected chi connectivity index (χ1v) is 8.73. The topological polar surface area (TPSA) is 45.5 Å². The average Bonchev–Trinajstić information content (AvgIpc) is 2.83. The van der Waals surface area contributed by atoms with Crippen LogP contribution in [0, 0.1) is 13.8 Å². The van der Waals surface area contributed by atoms with E-state index in [0.717, 1.165) is 11.3 Å². The van der Waals surface area contributed by atoms with Gasteiger partial charge in [-0.15, -0.1) is 0 Å². The monoisotopic (exact) mass is 304 g/mol. The van der Waals surface area contributed by atoms with E-state index >= 15 is 0 Å². The number of rotatable bonds is 2. The molecule has 22 heavy (non-hydrogen) atoms. The Labute approximate surface area is 133 Å². The standard InChI is InChI=1S/C18H28N2O2/c1-13-12-17(18(22)19-10-8-16(21)9-11-19)14(2)20(13)15-6-4-3-5-7-15/h12,15-16,21H,3-11H2,1-2H3. The zero-order chi connectivity index (χ0) is 15.7. The SMILES string of the molecule is Cc1cc(C(=O)N2CCC(O)CC2)c(C)n1C1CCCCC1. The van der Waals surface area contributed by atoms with Gasteiger partial charge in [-0.25, -0.2) is 0 Å². The number of nitrogens with zero attached hydrogens (tertiary/aromatic N) is 2. The van der Waals surface area contributed by atoms with Gasteiger partial charge in [0.2, 0.25) is 0 Å². The number of likely N-dealkylation sites (tertiary alicyclic amines) is 1. The number of carbonyl (C=O) groups excluding carboxylic acids is 1. The molecule has 0 atom stereocenters. The number of hydrogen-bond acceptors (Lipinski definition) is 2. The lowest BCUT2D eigenvalue weighted by Crippen LogP contribution is -2.40. The Hall–Kier alpha value is -1.29. The number of aliphatic hydroxyl groups is 1. The van der Waals surface area contributed by atoms with Crippen LogP contribution >= 0.6 is 0 Å². The van der Waals surface area contributed by atoms with E-state index < -0.39 is 0 Å². The van der Waals surface area contributed by atoms with Crippen molar-refractivity contribution in [2.75, 3.05) is 13.1 Å². The fourth-order valence-electron chi connectivity index (χ4n) is 4.13. The van der Waals surface area contributed by atoms with Gasteiger partial charge >= 0.3 is 0 Å². The quantitative estimate of drug-likeness (QED) is 0.912. The minimum atomic E-state index is -0.237. The van der Waals surface area contributed by atoms with Crippen LogP contribution in [0.25, 0.3) is 0 Å². The average molecular weight is 304 g/mol. The summed E-state index contributed by atoms with van der Waals surface area (Å²) in [7, 11) is 0. The van der Waals surface area contributed by atoms with Crippen molar-refractivity contribution in [3.05, 3.63) is 23.0 Å². The summed E-state index contributed by atoms with van der Waals surface area (Å²) in [5.41, 5.74) is 3.20. The third-order valence-corrected chi connectivity index (χ3v) is 5.41. The summed E-state index contributed by atoms with van der Waals surface area (Å²) < 4.78 is 2.39. The van der Waals surface area contributed by atoms with E-state index in [4.69, 9.17) is 0 Å². The van der Waals surface area contributed by atoms with Crippen LogP contribution in [0.1, 0.15) is 72.7 Å². The molecule has 0 aromatic carbocycles. The molecule has 0 spiro atoms. The lowest BCUT2D eigenvalue weighted by molar-refractivity contribution is 0.0545. The molecule has 3 rings (SSSR count). The second-order valence-corrected chi connectivity index (χ2v) is 6.97. The smallest absolute Gasteiger partial charge is 0.255 e. The van der Waals surface area contributed by atoms with Gasteiger partial charge in [0.25, 0.3) is 5.91 Å². The van der Waals surface area contributed by atoms with Crippen LogP contribution < -0.4 is 0 Å². The molecular weight excluding hydrogens is 276 g/mol. The zero-order valence-corrected chi connectivity index (χ0v) is 13.8. The zero-order valence-electron chi connectivity index (χ0n) is 13.8. The van der Waals surface area contributed by atoms with Crippen molar-refractivity contribution in [3.63, 3.8) is 0 Å². The molecule has 0 unspecified atom stereocenters. The number of piperidine rings is 1. The van der Waals surface area contributed by atoms with E-state index in [0.29, 0.717) is 32.0 Å². The lowest BCUT2D eigenvalue weighted by atomic mass is 9.95. The number of aliphatic hydroxyl groups excluding tert-OH is 1. The molecule has 1 N–H and O–H groups in total. The van der Waals surface area contributed by atoms with Crippen LogP contribution in [0.5, 0.6) is 0 Å². The molecule has 1 aliphatic carbocycles. The summed E-state index contributed by atoms with van der Waals surface area (Å²) in [6, 6.07) is 2.63. The predicted octanol–water partition coefficient (Wildman–Crippen LogP) is 3.21. The maximum Gasteiger partial charge on any atom is 0.255 e. The second-order valence-electron chi connectivity index (χ2n) is 6.97. The highest BCUT2D eigenvalue weighted by Gasteiger charge is 2.27. The van der Waals surface area contributed by atoms with Crippen molar-refractivity contribution >= 4 is 5.91 Å². The summed E-state index contributed by atoms with van der Waals surface area (Å²) in [5.74, 6) is 0.141. The summed E-state index contributed by atoms with van der Waals surface area (Å²) in [6.07, 6.45) is 7.58. The van der Waals surface area contributed by atoms with Crippen LogP contribution in [0.4, 0.5) is 0 Å². The molecule has 1 saturated carbocycles. The van der Waals surface area contributed by atoms with Gasteiger partial charge in [0.05, 0.1) is 11.7 Å². The highest BCUT2D eigenvalue weighted by Crippen LogP contribution is 2.32. The Bertz CT molecular complexity index is 536. The van der Waals surface area contributed by atoms with Crippen molar-refractivity contribution < 1.29 is 9.90 Å². The minimum absolute atomic E-state index is 0.141. The highest BCUT2D eigenvalue weighted by atomic mass is 16.3. The maximum atomic E-state index is 12.8. The van der Waals surface area contributed by atoms with Gasteiger partial charge in [-0.2, -0.15) is 0 Å². The third kappa shape index (κ3) is 2.94. The maximum absolute atomic E-state index is 12.8. The normalized spacial score (nSPS) is 21.3. The van der Waals surface area contributed by atoms with Gasteiger partial charge < -0.3 is 14.6 Å². The van der Waals surface area contributed by atoms with Crippen LogP contribution in [-0.4, -0.2) is 39.7 Å². The molecule has 0 bridgehead atoms. The Morgan fingerprint density at radius 3 is 2.36 bits per heavy atom. The summed E-state index contributed by atoms with van der Waals surface area (Å²) in [5, 5.41) is 9.61. The first-order valence-electron chi connectivity index (χ1n) is 8.73. The fraction of sp³-hybridized carbons (Fsp3) is 0.722. The van der Waals surface area contributed by atoms with Crippen LogP contribution in [0.3, 0.4) is 0 Å². The molecule has 1 saturated heterocycles. The Balaban J connectivity index is 1.81. The Morgan fingerprint density at radius 2 is 1.73 bits per heavy atom. The van der Waals surface area contributed by atoms with Crippen molar-refractivity contribution in [2.45, 2.75) is 70.9 Å². The first kappa shape index (κ1) is 15.6. The lowest BCUT2D eigenvalue weighted by Gasteiger charge is -2.30. The molecule has 2 fully saturated rings. The molecule has 4 nitrogen and oxygen atoms in total. The fourth-order valence-corrected chi connectivity index (χ4v) is 4.13. The van der Waals surface area contributed by atoms with E-state index in [-0.39, 0.29) is 12.0 Å². The molecular formula is C18H28N2O2. The van der Waals surface area contributed by atoms with E-state index in [9.17, 15) is 9.90 Å². The van der Waals surface area contributed by atoms with E-state index in [1.54, 1.807) is 0 Å². The summed E-state index contributed by atoms with van der Waals surface area (Å²) in [4.78, 5) is 14.7.